The number of para-hydroxylation sites is 1. The lowest BCUT2D eigenvalue weighted by molar-refractivity contribution is 0.342. The zero-order valence-corrected chi connectivity index (χ0v) is 16.7. The highest BCUT2D eigenvalue weighted by molar-refractivity contribution is 7.99. The predicted molar refractivity (Wildman–Crippen MR) is 113 cm³/mol. The number of fused-ring (bicyclic) bond motifs is 1. The second kappa shape index (κ2) is 8.87. The molecule has 29 heavy (non-hydrogen) atoms. The van der Waals surface area contributed by atoms with Gasteiger partial charge >= 0.3 is 0 Å². The van der Waals surface area contributed by atoms with Gasteiger partial charge in [-0.25, -0.2) is 4.98 Å². The Kier molecular flexibility index (Phi) is 5.86. The molecule has 0 bridgehead atoms. The third-order valence-corrected chi connectivity index (χ3v) is 5.30. The summed E-state index contributed by atoms with van der Waals surface area (Å²) in [7, 11) is 1.63. The van der Waals surface area contributed by atoms with E-state index in [0.29, 0.717) is 40.7 Å². The number of furan rings is 1. The van der Waals surface area contributed by atoms with Gasteiger partial charge in [-0.2, -0.15) is 0 Å². The van der Waals surface area contributed by atoms with Crippen LogP contribution in [0.15, 0.2) is 81.3 Å². The second-order valence-corrected chi connectivity index (χ2v) is 7.32. The quantitative estimate of drug-likeness (QED) is 0.247. The van der Waals surface area contributed by atoms with Crippen LogP contribution >= 0.6 is 11.8 Å². The number of aromatic nitrogens is 2. The van der Waals surface area contributed by atoms with Gasteiger partial charge in [-0.1, -0.05) is 23.9 Å². The van der Waals surface area contributed by atoms with E-state index in [1.807, 2.05) is 54.6 Å². The average Bonchev–Trinajstić information content (AvgIpc) is 3.27. The standard InChI is InChI=1S/C22H20N2O4S/c1-26-16-8-10-17(11-9-16)28-13-14-29-22-23-20-7-3-2-6-19(20)21(25)24(22)15-18-5-4-12-27-18/h2-12H,13-15H2,1H3. The molecular formula is C22H20N2O4S. The third kappa shape index (κ3) is 4.46. The molecule has 4 rings (SSSR count). The first-order chi connectivity index (χ1) is 14.2. The number of hydrogen-bond donors (Lipinski definition) is 0. The van der Waals surface area contributed by atoms with Crippen LogP contribution in [0.3, 0.4) is 0 Å². The molecule has 0 atom stereocenters. The zero-order valence-electron chi connectivity index (χ0n) is 15.9. The predicted octanol–water partition coefficient (Wildman–Crippen LogP) is 4.22. The SMILES string of the molecule is COc1ccc(OCCSc2nc3ccccc3c(=O)n2Cc2ccco2)cc1. The Bertz CT molecular complexity index is 1140. The summed E-state index contributed by atoms with van der Waals surface area (Å²) in [4.78, 5) is 17.7. The smallest absolute Gasteiger partial charge is 0.262 e. The summed E-state index contributed by atoms with van der Waals surface area (Å²) in [5.41, 5.74) is 0.609. The Morgan fingerprint density at radius 2 is 1.83 bits per heavy atom. The Balaban J connectivity index is 1.51. The molecule has 2 heterocycles. The topological polar surface area (TPSA) is 66.5 Å². The summed E-state index contributed by atoms with van der Waals surface area (Å²) >= 11 is 1.49. The molecule has 7 heteroatoms. The van der Waals surface area contributed by atoms with Crippen molar-refractivity contribution < 1.29 is 13.9 Å². The number of methoxy groups -OCH3 is 1. The second-order valence-electron chi connectivity index (χ2n) is 6.25. The van der Waals surface area contributed by atoms with Gasteiger partial charge in [-0.15, -0.1) is 0 Å². The molecule has 0 amide bonds. The zero-order chi connectivity index (χ0) is 20.1. The maximum atomic E-state index is 13.0. The normalized spacial score (nSPS) is 10.9. The first kappa shape index (κ1) is 19.1. The van der Waals surface area contributed by atoms with E-state index in [-0.39, 0.29) is 5.56 Å². The fourth-order valence-electron chi connectivity index (χ4n) is 2.92. The number of benzene rings is 2. The van der Waals surface area contributed by atoms with Gasteiger partial charge in [0.25, 0.3) is 5.56 Å². The van der Waals surface area contributed by atoms with Crippen LogP contribution in [0.25, 0.3) is 10.9 Å². The highest BCUT2D eigenvalue weighted by Gasteiger charge is 2.13. The maximum Gasteiger partial charge on any atom is 0.262 e. The van der Waals surface area contributed by atoms with Gasteiger partial charge in [-0.3, -0.25) is 9.36 Å². The van der Waals surface area contributed by atoms with Gasteiger partial charge < -0.3 is 13.9 Å². The third-order valence-electron chi connectivity index (χ3n) is 4.36. The van der Waals surface area contributed by atoms with E-state index in [2.05, 4.69) is 0 Å². The van der Waals surface area contributed by atoms with E-state index in [1.54, 1.807) is 24.0 Å². The molecule has 0 N–H and O–H groups in total. The van der Waals surface area contributed by atoms with Crippen molar-refractivity contribution in [2.75, 3.05) is 19.5 Å². The largest absolute Gasteiger partial charge is 0.497 e. The van der Waals surface area contributed by atoms with E-state index in [4.69, 9.17) is 18.9 Å². The fourth-order valence-corrected chi connectivity index (χ4v) is 3.74. The molecule has 6 nitrogen and oxygen atoms in total. The minimum Gasteiger partial charge on any atom is -0.497 e. The van der Waals surface area contributed by atoms with E-state index in [9.17, 15) is 4.79 Å². The fraction of sp³-hybridized carbons (Fsp3) is 0.182. The first-order valence-electron chi connectivity index (χ1n) is 9.16. The van der Waals surface area contributed by atoms with Crippen LogP contribution in [0.4, 0.5) is 0 Å². The summed E-state index contributed by atoms with van der Waals surface area (Å²) < 4.78 is 18.0. The van der Waals surface area contributed by atoms with Crippen molar-refractivity contribution in [3.8, 4) is 11.5 Å². The van der Waals surface area contributed by atoms with Crippen LogP contribution in [-0.2, 0) is 6.54 Å². The monoisotopic (exact) mass is 408 g/mol. The summed E-state index contributed by atoms with van der Waals surface area (Å²) in [6.45, 7) is 0.825. The minimum atomic E-state index is -0.0782. The molecule has 0 fully saturated rings. The van der Waals surface area contributed by atoms with Crippen LogP contribution in [0, 0.1) is 0 Å². The van der Waals surface area contributed by atoms with Gasteiger partial charge in [0, 0.05) is 5.75 Å². The van der Waals surface area contributed by atoms with Crippen molar-refractivity contribution in [2.45, 2.75) is 11.7 Å². The van der Waals surface area contributed by atoms with Crippen molar-refractivity contribution in [3.05, 3.63) is 83.0 Å². The Morgan fingerprint density at radius 3 is 2.59 bits per heavy atom. The summed E-state index contributed by atoms with van der Waals surface area (Å²) in [6.07, 6.45) is 1.60. The van der Waals surface area contributed by atoms with Gasteiger partial charge in [0.15, 0.2) is 5.16 Å². The minimum absolute atomic E-state index is 0.0782. The number of hydrogen-bond acceptors (Lipinski definition) is 6. The van der Waals surface area contributed by atoms with Gasteiger partial charge in [0.1, 0.15) is 17.3 Å². The van der Waals surface area contributed by atoms with Gasteiger partial charge in [0.2, 0.25) is 0 Å². The molecule has 2 aromatic carbocycles. The molecule has 0 spiro atoms. The maximum absolute atomic E-state index is 13.0. The van der Waals surface area contributed by atoms with Gasteiger partial charge in [0.05, 0.1) is 37.4 Å². The molecule has 0 saturated heterocycles. The average molecular weight is 408 g/mol. The van der Waals surface area contributed by atoms with E-state index < -0.39 is 0 Å². The lowest BCUT2D eigenvalue weighted by Crippen LogP contribution is -2.24. The van der Waals surface area contributed by atoms with Crippen LogP contribution in [0.1, 0.15) is 5.76 Å². The molecule has 0 unspecified atom stereocenters. The summed E-state index contributed by atoms with van der Waals surface area (Å²) in [6, 6.07) is 18.5. The molecule has 2 aromatic heterocycles. The molecule has 0 saturated carbocycles. The van der Waals surface area contributed by atoms with Crippen LogP contribution in [0.5, 0.6) is 11.5 Å². The highest BCUT2D eigenvalue weighted by atomic mass is 32.2. The molecule has 0 aliphatic heterocycles. The van der Waals surface area contributed by atoms with Crippen LogP contribution in [-0.4, -0.2) is 29.0 Å². The number of ether oxygens (including phenoxy) is 2. The van der Waals surface area contributed by atoms with Crippen molar-refractivity contribution >= 4 is 22.7 Å². The van der Waals surface area contributed by atoms with Crippen LogP contribution in [0.2, 0.25) is 0 Å². The number of rotatable bonds is 8. The Hall–Kier alpha value is -3.19. The Labute approximate surface area is 172 Å². The van der Waals surface area contributed by atoms with Crippen molar-refractivity contribution in [1.82, 2.24) is 9.55 Å². The van der Waals surface area contributed by atoms with Gasteiger partial charge in [-0.05, 0) is 48.5 Å². The molecular weight excluding hydrogens is 388 g/mol. The molecule has 0 radical (unpaired) electrons. The first-order valence-corrected chi connectivity index (χ1v) is 10.1. The number of thioether (sulfide) groups is 1. The molecule has 0 aliphatic carbocycles. The van der Waals surface area contributed by atoms with E-state index >= 15 is 0 Å². The Morgan fingerprint density at radius 1 is 1.03 bits per heavy atom. The van der Waals surface area contributed by atoms with Crippen molar-refractivity contribution in [3.63, 3.8) is 0 Å². The molecule has 4 aromatic rings. The lowest BCUT2D eigenvalue weighted by Gasteiger charge is -2.12. The lowest BCUT2D eigenvalue weighted by atomic mass is 10.2. The number of nitrogens with zero attached hydrogens (tertiary/aromatic N) is 2. The van der Waals surface area contributed by atoms with Crippen molar-refractivity contribution in [2.24, 2.45) is 0 Å². The molecule has 148 valence electrons. The van der Waals surface area contributed by atoms with E-state index in [0.717, 1.165) is 11.5 Å². The highest BCUT2D eigenvalue weighted by Crippen LogP contribution is 2.21. The summed E-state index contributed by atoms with van der Waals surface area (Å²) in [5, 5.41) is 1.24. The van der Waals surface area contributed by atoms with Crippen LogP contribution < -0.4 is 15.0 Å². The summed E-state index contributed by atoms with van der Waals surface area (Å²) in [5.74, 6) is 2.91. The molecule has 0 aliphatic rings. The van der Waals surface area contributed by atoms with E-state index in [1.165, 1.54) is 11.8 Å². The van der Waals surface area contributed by atoms with Crippen molar-refractivity contribution in [1.29, 1.82) is 0 Å².